The summed E-state index contributed by atoms with van der Waals surface area (Å²) in [7, 11) is 2.22. The smallest absolute Gasteiger partial charge is 0.188 e. The monoisotopic (exact) mass is 408 g/mol. The van der Waals surface area contributed by atoms with Gasteiger partial charge in [0.15, 0.2) is 10.8 Å². The minimum absolute atomic E-state index is 0.488. The van der Waals surface area contributed by atoms with E-state index in [1.807, 2.05) is 6.07 Å². The Morgan fingerprint density at radius 2 is 1.93 bits per heavy atom. The Hall–Kier alpha value is -2.19. The minimum Gasteiger partial charge on any atom is -0.311 e. The molecule has 4 rings (SSSR count). The zero-order chi connectivity index (χ0) is 19.9. The summed E-state index contributed by atoms with van der Waals surface area (Å²) >= 11 is 1.60. The number of benzene rings is 1. The van der Waals surface area contributed by atoms with Gasteiger partial charge in [-0.2, -0.15) is 0 Å². The number of piperazine rings is 1. The standard InChI is InChI=1S/C22H28N6S/c1-27-13-14-28(20(16-27)18-7-3-2-4-8-18)12-6-9-23-15-19-17-29-22(26-19)21-24-10-5-11-25-21/h2-5,7-8,10-11,17,20,23H,6,9,12-16H2,1H3. The van der Waals surface area contributed by atoms with E-state index in [2.05, 4.69) is 72.8 Å². The summed E-state index contributed by atoms with van der Waals surface area (Å²) in [6, 6.07) is 13.2. The van der Waals surface area contributed by atoms with E-state index in [0.717, 1.165) is 56.4 Å². The van der Waals surface area contributed by atoms with Gasteiger partial charge in [-0.25, -0.2) is 15.0 Å². The Kier molecular flexibility index (Phi) is 6.95. The van der Waals surface area contributed by atoms with Gasteiger partial charge in [0, 0.05) is 56.5 Å². The molecule has 3 aromatic rings. The Bertz CT molecular complexity index is 869. The van der Waals surface area contributed by atoms with Gasteiger partial charge in [-0.15, -0.1) is 11.3 Å². The van der Waals surface area contributed by atoms with E-state index >= 15 is 0 Å². The van der Waals surface area contributed by atoms with Crippen LogP contribution in [-0.4, -0.2) is 64.5 Å². The molecule has 1 saturated heterocycles. The molecule has 1 unspecified atom stereocenters. The lowest BCUT2D eigenvalue weighted by Crippen LogP contribution is -2.47. The van der Waals surface area contributed by atoms with Crippen LogP contribution in [0.1, 0.15) is 23.7 Å². The van der Waals surface area contributed by atoms with Crippen molar-refractivity contribution in [2.75, 3.05) is 39.8 Å². The van der Waals surface area contributed by atoms with Gasteiger partial charge in [-0.05, 0) is 31.6 Å². The topological polar surface area (TPSA) is 57.2 Å². The van der Waals surface area contributed by atoms with Crippen molar-refractivity contribution in [1.82, 2.24) is 30.1 Å². The number of likely N-dealkylation sites (N-methyl/N-ethyl adjacent to an activating group) is 1. The first kappa shape index (κ1) is 20.1. The maximum absolute atomic E-state index is 4.64. The van der Waals surface area contributed by atoms with Crippen LogP contribution in [0, 0.1) is 0 Å². The summed E-state index contributed by atoms with van der Waals surface area (Å²) in [5.74, 6) is 0.700. The van der Waals surface area contributed by atoms with Crippen LogP contribution >= 0.6 is 11.3 Å². The van der Waals surface area contributed by atoms with Crippen molar-refractivity contribution < 1.29 is 0 Å². The molecule has 1 aliphatic rings. The maximum atomic E-state index is 4.64. The van der Waals surface area contributed by atoms with Gasteiger partial charge in [0.25, 0.3) is 0 Å². The fraction of sp³-hybridized carbons (Fsp3) is 0.409. The zero-order valence-corrected chi connectivity index (χ0v) is 17.7. The first-order valence-electron chi connectivity index (χ1n) is 10.2. The first-order valence-corrected chi connectivity index (χ1v) is 11.1. The fourth-order valence-electron chi connectivity index (χ4n) is 3.74. The summed E-state index contributed by atoms with van der Waals surface area (Å²) in [5.41, 5.74) is 2.48. The number of thiazole rings is 1. The van der Waals surface area contributed by atoms with Crippen molar-refractivity contribution in [3.05, 3.63) is 65.4 Å². The number of nitrogens with zero attached hydrogens (tertiary/aromatic N) is 5. The molecule has 0 aliphatic carbocycles. The number of hydrogen-bond donors (Lipinski definition) is 1. The fourth-order valence-corrected chi connectivity index (χ4v) is 4.50. The third-order valence-electron chi connectivity index (χ3n) is 5.29. The quantitative estimate of drug-likeness (QED) is 0.578. The molecule has 1 aliphatic heterocycles. The minimum atomic E-state index is 0.488. The van der Waals surface area contributed by atoms with Gasteiger partial charge >= 0.3 is 0 Å². The Morgan fingerprint density at radius 1 is 1.10 bits per heavy atom. The summed E-state index contributed by atoms with van der Waals surface area (Å²) < 4.78 is 0. The number of nitrogens with one attached hydrogen (secondary N) is 1. The van der Waals surface area contributed by atoms with E-state index in [9.17, 15) is 0 Å². The van der Waals surface area contributed by atoms with Crippen molar-refractivity contribution in [2.24, 2.45) is 0 Å². The third-order valence-corrected chi connectivity index (χ3v) is 6.18. The summed E-state index contributed by atoms with van der Waals surface area (Å²) in [6.45, 7) is 6.25. The van der Waals surface area contributed by atoms with Gasteiger partial charge in [-0.1, -0.05) is 30.3 Å². The zero-order valence-electron chi connectivity index (χ0n) is 16.9. The van der Waals surface area contributed by atoms with Gasteiger partial charge < -0.3 is 10.2 Å². The van der Waals surface area contributed by atoms with Gasteiger partial charge in [0.05, 0.1) is 5.69 Å². The van der Waals surface area contributed by atoms with E-state index in [-0.39, 0.29) is 0 Å². The molecule has 7 heteroatoms. The number of aromatic nitrogens is 3. The lowest BCUT2D eigenvalue weighted by atomic mass is 10.0. The average Bonchev–Trinajstić information content (AvgIpc) is 3.25. The second-order valence-corrected chi connectivity index (χ2v) is 8.33. The van der Waals surface area contributed by atoms with Gasteiger partial charge in [0.1, 0.15) is 0 Å². The van der Waals surface area contributed by atoms with E-state index in [1.54, 1.807) is 23.7 Å². The highest BCUT2D eigenvalue weighted by Gasteiger charge is 2.25. The Morgan fingerprint density at radius 3 is 2.76 bits per heavy atom. The average molecular weight is 409 g/mol. The highest BCUT2D eigenvalue weighted by atomic mass is 32.1. The van der Waals surface area contributed by atoms with Crippen LogP contribution in [0.5, 0.6) is 0 Å². The van der Waals surface area contributed by atoms with Crippen molar-refractivity contribution >= 4 is 11.3 Å². The van der Waals surface area contributed by atoms with Crippen molar-refractivity contribution in [3.63, 3.8) is 0 Å². The van der Waals surface area contributed by atoms with E-state index < -0.39 is 0 Å². The molecular formula is C22H28N6S. The molecular weight excluding hydrogens is 380 g/mol. The predicted molar refractivity (Wildman–Crippen MR) is 118 cm³/mol. The van der Waals surface area contributed by atoms with Crippen LogP contribution in [0.2, 0.25) is 0 Å². The normalized spacial score (nSPS) is 18.2. The molecule has 6 nitrogen and oxygen atoms in total. The van der Waals surface area contributed by atoms with Crippen LogP contribution in [0.15, 0.2) is 54.2 Å². The molecule has 1 N–H and O–H groups in total. The van der Waals surface area contributed by atoms with Crippen LogP contribution in [0.3, 0.4) is 0 Å². The second-order valence-electron chi connectivity index (χ2n) is 7.47. The molecule has 1 fully saturated rings. The predicted octanol–water partition coefficient (Wildman–Crippen LogP) is 3.07. The summed E-state index contributed by atoms with van der Waals surface area (Å²) in [6.07, 6.45) is 4.64. The van der Waals surface area contributed by atoms with E-state index in [0.29, 0.717) is 11.9 Å². The van der Waals surface area contributed by atoms with Crippen LogP contribution in [0.25, 0.3) is 10.8 Å². The molecule has 2 aromatic heterocycles. The largest absolute Gasteiger partial charge is 0.311 e. The van der Waals surface area contributed by atoms with E-state index in [4.69, 9.17) is 0 Å². The molecule has 152 valence electrons. The molecule has 0 spiro atoms. The lowest BCUT2D eigenvalue weighted by molar-refractivity contribution is 0.0888. The molecule has 1 atom stereocenters. The Labute approximate surface area is 176 Å². The molecule has 0 amide bonds. The first-order chi connectivity index (χ1) is 14.3. The molecule has 0 bridgehead atoms. The molecule has 3 heterocycles. The third kappa shape index (κ3) is 5.45. The van der Waals surface area contributed by atoms with Crippen LogP contribution < -0.4 is 5.32 Å². The highest BCUT2D eigenvalue weighted by Crippen LogP contribution is 2.24. The SMILES string of the molecule is CN1CCN(CCCNCc2csc(-c3ncccn3)n2)C(c2ccccc2)C1. The number of hydrogen-bond acceptors (Lipinski definition) is 7. The van der Waals surface area contributed by atoms with Crippen LogP contribution in [-0.2, 0) is 6.54 Å². The van der Waals surface area contributed by atoms with Gasteiger partial charge in [-0.3, -0.25) is 4.90 Å². The highest BCUT2D eigenvalue weighted by molar-refractivity contribution is 7.13. The lowest BCUT2D eigenvalue weighted by Gasteiger charge is -2.40. The second kappa shape index (κ2) is 10.0. The summed E-state index contributed by atoms with van der Waals surface area (Å²) in [4.78, 5) is 18.2. The van der Waals surface area contributed by atoms with Crippen molar-refractivity contribution in [2.45, 2.75) is 19.0 Å². The molecule has 0 radical (unpaired) electrons. The van der Waals surface area contributed by atoms with Crippen molar-refractivity contribution in [3.8, 4) is 10.8 Å². The molecule has 1 aromatic carbocycles. The van der Waals surface area contributed by atoms with Crippen molar-refractivity contribution in [1.29, 1.82) is 0 Å². The van der Waals surface area contributed by atoms with Gasteiger partial charge in [0.2, 0.25) is 0 Å². The van der Waals surface area contributed by atoms with Crippen LogP contribution in [0.4, 0.5) is 0 Å². The van der Waals surface area contributed by atoms with E-state index in [1.165, 1.54) is 5.56 Å². The Balaban J connectivity index is 1.23. The molecule has 0 saturated carbocycles. The molecule has 29 heavy (non-hydrogen) atoms. The maximum Gasteiger partial charge on any atom is 0.188 e. The summed E-state index contributed by atoms with van der Waals surface area (Å²) in [5, 5.41) is 6.50. The number of rotatable bonds is 8.